The minimum Gasteiger partial charge on any atom is -0.103 e. The van der Waals surface area contributed by atoms with Gasteiger partial charge in [0.05, 0.1) is 0 Å². The highest BCUT2D eigenvalue weighted by atomic mass is 13.8. The molecular formula is C20H40. The zero-order valence-corrected chi connectivity index (χ0v) is 14.6. The molecule has 0 saturated carbocycles. The van der Waals surface area contributed by atoms with Gasteiger partial charge in [-0.25, -0.2) is 0 Å². The minimum atomic E-state index is 1.18. The van der Waals surface area contributed by atoms with Crippen molar-refractivity contribution in [2.75, 3.05) is 0 Å². The Kier molecular flexibility index (Phi) is 37.5. The smallest absolute Gasteiger partial charge is 0.0353 e. The fraction of sp³-hybridized carbons (Fsp3) is 0.700. The molecule has 0 nitrogen and oxygen atoms in total. The zero-order valence-electron chi connectivity index (χ0n) is 14.6. The lowest BCUT2D eigenvalue weighted by molar-refractivity contribution is 0.730. The monoisotopic (exact) mass is 280 g/mol. The van der Waals surface area contributed by atoms with Gasteiger partial charge in [-0.15, -0.1) is 19.7 Å². The van der Waals surface area contributed by atoms with Crippen molar-refractivity contribution in [1.29, 1.82) is 0 Å². The molecule has 0 fully saturated rings. The van der Waals surface area contributed by atoms with Crippen LogP contribution in [0.3, 0.4) is 0 Å². The van der Waals surface area contributed by atoms with Crippen LogP contribution in [0, 0.1) is 0 Å². The fourth-order valence-corrected chi connectivity index (χ4v) is 1.43. The topological polar surface area (TPSA) is 0 Å². The van der Waals surface area contributed by atoms with Crippen LogP contribution in [0.15, 0.2) is 38.0 Å². The SMILES string of the molecule is C=CCCCC.C=CCCCCC.C=CCCCCC. The van der Waals surface area contributed by atoms with Crippen molar-refractivity contribution in [3.63, 3.8) is 0 Å². The molecule has 0 aliphatic rings. The molecule has 120 valence electrons. The molecule has 0 radical (unpaired) electrons. The molecule has 0 aliphatic heterocycles. The summed E-state index contributed by atoms with van der Waals surface area (Å²) in [7, 11) is 0. The van der Waals surface area contributed by atoms with Crippen molar-refractivity contribution in [3.05, 3.63) is 38.0 Å². The van der Waals surface area contributed by atoms with Gasteiger partial charge in [-0.05, 0) is 32.1 Å². The molecule has 0 bridgehead atoms. The van der Waals surface area contributed by atoms with Gasteiger partial charge in [0.1, 0.15) is 0 Å². The van der Waals surface area contributed by atoms with E-state index in [2.05, 4.69) is 40.5 Å². The van der Waals surface area contributed by atoms with Crippen LogP contribution in [0.4, 0.5) is 0 Å². The van der Waals surface area contributed by atoms with E-state index in [0.717, 1.165) is 0 Å². The van der Waals surface area contributed by atoms with Crippen molar-refractivity contribution in [1.82, 2.24) is 0 Å². The molecule has 20 heavy (non-hydrogen) atoms. The Hall–Kier alpha value is -0.780. The number of hydrogen-bond acceptors (Lipinski definition) is 0. The summed E-state index contributed by atoms with van der Waals surface area (Å²) in [4.78, 5) is 0. The van der Waals surface area contributed by atoms with E-state index >= 15 is 0 Å². The number of hydrogen-bond donors (Lipinski definition) is 0. The average molecular weight is 281 g/mol. The predicted molar refractivity (Wildman–Crippen MR) is 98.4 cm³/mol. The summed E-state index contributed by atoms with van der Waals surface area (Å²) in [6, 6.07) is 0. The molecule has 0 rings (SSSR count). The summed E-state index contributed by atoms with van der Waals surface area (Å²) in [6.45, 7) is 17.5. The summed E-state index contributed by atoms with van der Waals surface area (Å²) in [5, 5.41) is 0. The predicted octanol–water partition coefficient (Wildman–Crippen LogP) is 7.87. The lowest BCUT2D eigenvalue weighted by Gasteiger charge is -1.87. The van der Waals surface area contributed by atoms with Gasteiger partial charge in [-0.2, -0.15) is 0 Å². The molecule has 0 amide bonds. The quantitative estimate of drug-likeness (QED) is 0.267. The fourth-order valence-electron chi connectivity index (χ4n) is 1.43. The van der Waals surface area contributed by atoms with E-state index in [4.69, 9.17) is 0 Å². The Morgan fingerprint density at radius 2 is 0.800 bits per heavy atom. The van der Waals surface area contributed by atoms with Gasteiger partial charge >= 0.3 is 0 Å². The maximum atomic E-state index is 3.63. The Morgan fingerprint density at radius 3 is 1.00 bits per heavy atom. The molecule has 0 aromatic heterocycles. The molecule has 0 unspecified atom stereocenters. The summed E-state index contributed by atoms with van der Waals surface area (Å²) in [5.74, 6) is 0. The first kappa shape index (κ1) is 24.3. The highest BCUT2D eigenvalue weighted by Gasteiger charge is 1.78. The van der Waals surface area contributed by atoms with Crippen LogP contribution in [-0.2, 0) is 0 Å². The van der Waals surface area contributed by atoms with Gasteiger partial charge in [-0.3, -0.25) is 0 Å². The van der Waals surface area contributed by atoms with E-state index in [1.807, 2.05) is 18.2 Å². The summed E-state index contributed by atoms with van der Waals surface area (Å²) in [5.41, 5.74) is 0. The molecule has 0 heterocycles. The van der Waals surface area contributed by atoms with E-state index in [1.54, 1.807) is 0 Å². The second-order valence-electron chi connectivity index (χ2n) is 5.00. The molecule has 0 aliphatic carbocycles. The van der Waals surface area contributed by atoms with Gasteiger partial charge in [0.2, 0.25) is 0 Å². The molecule has 0 aromatic carbocycles. The van der Waals surface area contributed by atoms with Crippen LogP contribution in [0.1, 0.15) is 91.4 Å². The van der Waals surface area contributed by atoms with Crippen LogP contribution >= 0.6 is 0 Å². The molecule has 0 saturated heterocycles. The van der Waals surface area contributed by atoms with Crippen molar-refractivity contribution in [3.8, 4) is 0 Å². The van der Waals surface area contributed by atoms with E-state index in [-0.39, 0.29) is 0 Å². The molecular weight excluding hydrogens is 240 g/mol. The van der Waals surface area contributed by atoms with Gasteiger partial charge in [0.25, 0.3) is 0 Å². The van der Waals surface area contributed by atoms with Crippen LogP contribution in [0.25, 0.3) is 0 Å². The van der Waals surface area contributed by atoms with Crippen LogP contribution in [-0.4, -0.2) is 0 Å². The van der Waals surface area contributed by atoms with E-state index in [9.17, 15) is 0 Å². The van der Waals surface area contributed by atoms with Crippen molar-refractivity contribution in [2.45, 2.75) is 91.4 Å². The van der Waals surface area contributed by atoms with Crippen LogP contribution < -0.4 is 0 Å². The summed E-state index contributed by atoms with van der Waals surface area (Å²) < 4.78 is 0. The normalized spacial score (nSPS) is 8.55. The molecule has 0 N–H and O–H groups in total. The maximum Gasteiger partial charge on any atom is -0.0353 e. The van der Waals surface area contributed by atoms with Crippen molar-refractivity contribution < 1.29 is 0 Å². The Labute approximate surface area is 130 Å². The first-order valence-corrected chi connectivity index (χ1v) is 8.57. The van der Waals surface area contributed by atoms with Gasteiger partial charge in [0, 0.05) is 0 Å². The lowest BCUT2D eigenvalue weighted by atomic mass is 10.2. The highest BCUT2D eigenvalue weighted by Crippen LogP contribution is 1.98. The number of unbranched alkanes of at least 4 members (excludes halogenated alkanes) is 8. The Balaban J connectivity index is -0.000000218. The average Bonchev–Trinajstić information content (AvgIpc) is 2.48. The second-order valence-corrected chi connectivity index (χ2v) is 5.00. The number of rotatable bonds is 11. The third-order valence-corrected chi connectivity index (χ3v) is 2.79. The largest absolute Gasteiger partial charge is 0.103 e. The van der Waals surface area contributed by atoms with Gasteiger partial charge in [-0.1, -0.05) is 77.5 Å². The molecule has 0 atom stereocenters. The van der Waals surface area contributed by atoms with Crippen molar-refractivity contribution >= 4 is 0 Å². The zero-order chi connectivity index (χ0) is 15.9. The standard InChI is InChI=1S/2C7H14.C6H12/c2*1-3-5-7-6-4-2;1-3-5-6-4-2/h2*3H,1,4-7H2,2H3;3H,1,4-6H2,2H3. The van der Waals surface area contributed by atoms with E-state index < -0.39 is 0 Å². The first-order chi connectivity index (χ1) is 9.74. The first-order valence-electron chi connectivity index (χ1n) is 8.57. The minimum absolute atomic E-state index is 1.18. The highest BCUT2D eigenvalue weighted by molar-refractivity contribution is 4.65. The van der Waals surface area contributed by atoms with Gasteiger partial charge < -0.3 is 0 Å². The van der Waals surface area contributed by atoms with Crippen LogP contribution in [0.2, 0.25) is 0 Å². The maximum absolute atomic E-state index is 3.63. The lowest BCUT2D eigenvalue weighted by Crippen LogP contribution is -1.67. The summed E-state index contributed by atoms with van der Waals surface area (Å²) >= 11 is 0. The number of allylic oxidation sites excluding steroid dienone is 3. The van der Waals surface area contributed by atoms with E-state index in [0.29, 0.717) is 0 Å². The third-order valence-electron chi connectivity index (χ3n) is 2.79. The van der Waals surface area contributed by atoms with Crippen LogP contribution in [0.5, 0.6) is 0 Å². The van der Waals surface area contributed by atoms with Gasteiger partial charge in [0.15, 0.2) is 0 Å². The third kappa shape index (κ3) is 43.4. The Morgan fingerprint density at radius 1 is 0.500 bits per heavy atom. The Bertz CT molecular complexity index is 153. The second kappa shape index (κ2) is 30.9. The van der Waals surface area contributed by atoms with Crippen molar-refractivity contribution in [2.24, 2.45) is 0 Å². The molecule has 0 spiro atoms. The van der Waals surface area contributed by atoms with E-state index in [1.165, 1.54) is 70.6 Å². The molecule has 0 aromatic rings. The summed E-state index contributed by atoms with van der Waals surface area (Å²) in [6.07, 6.45) is 20.0. The molecule has 0 heteroatoms.